The molecule has 1 aromatic rings. The lowest BCUT2D eigenvalue weighted by atomic mass is 9.99. The lowest BCUT2D eigenvalue weighted by Gasteiger charge is -2.14. The summed E-state index contributed by atoms with van der Waals surface area (Å²) < 4.78 is 0. The summed E-state index contributed by atoms with van der Waals surface area (Å²) >= 11 is 1.82. The van der Waals surface area contributed by atoms with Crippen LogP contribution in [0, 0.1) is 12.8 Å². The third kappa shape index (κ3) is 3.12. The Labute approximate surface area is 85.0 Å². The van der Waals surface area contributed by atoms with E-state index in [4.69, 9.17) is 5.73 Å². The molecule has 2 heteroatoms. The zero-order valence-corrected chi connectivity index (χ0v) is 9.53. The third-order valence-electron chi connectivity index (χ3n) is 2.48. The van der Waals surface area contributed by atoms with Gasteiger partial charge < -0.3 is 5.73 Å². The van der Waals surface area contributed by atoms with Crippen molar-refractivity contribution >= 4 is 11.3 Å². The summed E-state index contributed by atoms with van der Waals surface area (Å²) in [5.41, 5.74) is 6.10. The highest BCUT2D eigenvalue weighted by molar-refractivity contribution is 7.12. The zero-order chi connectivity index (χ0) is 9.84. The quantitative estimate of drug-likeness (QED) is 0.785. The molecule has 2 unspecified atom stereocenters. The summed E-state index contributed by atoms with van der Waals surface area (Å²) in [7, 11) is 0. The predicted octanol–water partition coefficient (Wildman–Crippen LogP) is 3.49. The molecule has 1 rings (SSSR count). The van der Waals surface area contributed by atoms with Crippen LogP contribution in [-0.4, -0.2) is 0 Å². The van der Waals surface area contributed by atoms with Crippen molar-refractivity contribution in [3.05, 3.63) is 21.9 Å². The molecule has 0 bridgehead atoms. The Hall–Kier alpha value is -0.340. The van der Waals surface area contributed by atoms with Gasteiger partial charge >= 0.3 is 0 Å². The van der Waals surface area contributed by atoms with Crippen LogP contribution in [-0.2, 0) is 0 Å². The van der Waals surface area contributed by atoms with E-state index in [9.17, 15) is 0 Å². The van der Waals surface area contributed by atoms with Gasteiger partial charge in [-0.25, -0.2) is 0 Å². The second kappa shape index (κ2) is 4.77. The lowest BCUT2D eigenvalue weighted by molar-refractivity contribution is 0.465. The van der Waals surface area contributed by atoms with Crippen LogP contribution in [0.4, 0.5) is 0 Å². The van der Waals surface area contributed by atoms with Crippen molar-refractivity contribution in [1.82, 2.24) is 0 Å². The van der Waals surface area contributed by atoms with E-state index in [1.165, 1.54) is 16.2 Å². The summed E-state index contributed by atoms with van der Waals surface area (Å²) in [4.78, 5) is 2.69. The first-order chi connectivity index (χ1) is 6.13. The molecule has 0 fully saturated rings. The number of hydrogen-bond acceptors (Lipinski definition) is 2. The molecule has 0 saturated heterocycles. The maximum absolute atomic E-state index is 6.10. The minimum absolute atomic E-state index is 0.244. The second-order valence-corrected chi connectivity index (χ2v) is 5.12. The van der Waals surface area contributed by atoms with Crippen LogP contribution in [0.1, 0.15) is 42.5 Å². The molecule has 1 heterocycles. The van der Waals surface area contributed by atoms with Crippen LogP contribution < -0.4 is 5.73 Å². The van der Waals surface area contributed by atoms with Crippen molar-refractivity contribution in [2.24, 2.45) is 11.7 Å². The average Bonchev–Trinajstić information content (AvgIpc) is 2.51. The lowest BCUT2D eigenvalue weighted by Crippen LogP contribution is -2.12. The van der Waals surface area contributed by atoms with Crippen LogP contribution in [0.2, 0.25) is 0 Å². The Balaban J connectivity index is 2.53. The van der Waals surface area contributed by atoms with E-state index in [1.54, 1.807) is 0 Å². The fourth-order valence-corrected chi connectivity index (χ4v) is 2.26. The van der Waals surface area contributed by atoms with Gasteiger partial charge in [-0.2, -0.15) is 0 Å². The van der Waals surface area contributed by atoms with Crippen molar-refractivity contribution in [3.63, 3.8) is 0 Å². The summed E-state index contributed by atoms with van der Waals surface area (Å²) in [6, 6.07) is 4.55. The van der Waals surface area contributed by atoms with E-state index < -0.39 is 0 Å². The molecule has 0 aliphatic heterocycles. The minimum Gasteiger partial charge on any atom is -0.323 e. The molecule has 0 aliphatic carbocycles. The van der Waals surface area contributed by atoms with Crippen molar-refractivity contribution in [2.45, 2.75) is 39.7 Å². The Morgan fingerprint density at radius 3 is 2.62 bits per heavy atom. The first-order valence-corrected chi connectivity index (χ1v) is 5.77. The van der Waals surface area contributed by atoms with E-state index in [0.29, 0.717) is 0 Å². The Bertz CT molecular complexity index is 254. The van der Waals surface area contributed by atoms with E-state index in [2.05, 4.69) is 32.9 Å². The van der Waals surface area contributed by atoms with Gasteiger partial charge in [-0.1, -0.05) is 20.3 Å². The normalized spacial score (nSPS) is 15.7. The highest BCUT2D eigenvalue weighted by atomic mass is 32.1. The zero-order valence-electron chi connectivity index (χ0n) is 8.71. The molecule has 74 valence electrons. The van der Waals surface area contributed by atoms with Crippen LogP contribution in [0.25, 0.3) is 0 Å². The van der Waals surface area contributed by atoms with Gasteiger partial charge in [0.2, 0.25) is 0 Å². The summed E-state index contributed by atoms with van der Waals surface area (Å²) in [6.07, 6.45) is 2.33. The molecule has 0 amide bonds. The van der Waals surface area contributed by atoms with E-state index in [1.807, 2.05) is 11.3 Å². The predicted molar refractivity (Wildman–Crippen MR) is 60.1 cm³/mol. The van der Waals surface area contributed by atoms with Gasteiger partial charge in [0.15, 0.2) is 0 Å². The number of thiophene rings is 1. The van der Waals surface area contributed by atoms with Crippen LogP contribution in [0.15, 0.2) is 12.1 Å². The van der Waals surface area contributed by atoms with Gasteiger partial charge in [-0.15, -0.1) is 11.3 Å². The Kier molecular flexibility index (Phi) is 3.94. The average molecular weight is 197 g/mol. The SMILES string of the molecule is CCC(C)CC(N)c1ccc(C)s1. The van der Waals surface area contributed by atoms with E-state index in [-0.39, 0.29) is 6.04 Å². The van der Waals surface area contributed by atoms with E-state index >= 15 is 0 Å². The van der Waals surface area contributed by atoms with Crippen LogP contribution in [0.5, 0.6) is 0 Å². The van der Waals surface area contributed by atoms with Gasteiger partial charge in [0.05, 0.1) is 0 Å². The smallest absolute Gasteiger partial charge is 0.0392 e. The van der Waals surface area contributed by atoms with Crippen LogP contribution >= 0.6 is 11.3 Å². The van der Waals surface area contributed by atoms with Gasteiger partial charge in [0, 0.05) is 15.8 Å². The van der Waals surface area contributed by atoms with Crippen LogP contribution in [0.3, 0.4) is 0 Å². The van der Waals surface area contributed by atoms with Gasteiger partial charge in [-0.05, 0) is 31.4 Å². The highest BCUT2D eigenvalue weighted by Crippen LogP contribution is 2.26. The van der Waals surface area contributed by atoms with Crippen molar-refractivity contribution in [1.29, 1.82) is 0 Å². The minimum atomic E-state index is 0.244. The van der Waals surface area contributed by atoms with Gasteiger partial charge in [0.25, 0.3) is 0 Å². The van der Waals surface area contributed by atoms with Crippen molar-refractivity contribution in [3.8, 4) is 0 Å². The molecule has 2 N–H and O–H groups in total. The second-order valence-electron chi connectivity index (χ2n) is 3.80. The summed E-state index contributed by atoms with van der Waals surface area (Å²) in [5, 5.41) is 0. The summed E-state index contributed by atoms with van der Waals surface area (Å²) in [5.74, 6) is 0.734. The topological polar surface area (TPSA) is 26.0 Å². The molecule has 0 saturated carbocycles. The largest absolute Gasteiger partial charge is 0.323 e. The number of hydrogen-bond donors (Lipinski definition) is 1. The molecule has 0 aliphatic rings. The molecular formula is C11H19NS. The number of aryl methyl sites for hydroxylation is 1. The fraction of sp³-hybridized carbons (Fsp3) is 0.636. The number of nitrogens with two attached hydrogens (primary N) is 1. The first kappa shape index (κ1) is 10.7. The van der Waals surface area contributed by atoms with E-state index in [0.717, 1.165) is 12.3 Å². The van der Waals surface area contributed by atoms with Gasteiger partial charge in [-0.3, -0.25) is 0 Å². The molecule has 0 spiro atoms. The summed E-state index contributed by atoms with van der Waals surface area (Å²) in [6.45, 7) is 6.61. The maximum Gasteiger partial charge on any atom is 0.0392 e. The Morgan fingerprint density at radius 1 is 1.46 bits per heavy atom. The molecule has 13 heavy (non-hydrogen) atoms. The van der Waals surface area contributed by atoms with Gasteiger partial charge in [0.1, 0.15) is 0 Å². The molecule has 0 radical (unpaired) electrons. The molecule has 1 aromatic heterocycles. The number of rotatable bonds is 4. The maximum atomic E-state index is 6.10. The fourth-order valence-electron chi connectivity index (χ4n) is 1.37. The van der Waals surface area contributed by atoms with Crippen molar-refractivity contribution < 1.29 is 0 Å². The standard InChI is InChI=1S/C11H19NS/c1-4-8(2)7-10(12)11-6-5-9(3)13-11/h5-6,8,10H,4,7,12H2,1-3H3. The highest BCUT2D eigenvalue weighted by Gasteiger charge is 2.11. The third-order valence-corrected chi connectivity index (χ3v) is 3.61. The van der Waals surface area contributed by atoms with Crippen molar-refractivity contribution in [2.75, 3.05) is 0 Å². The Morgan fingerprint density at radius 2 is 2.15 bits per heavy atom. The molecule has 1 nitrogen and oxygen atoms in total. The molecule has 0 aromatic carbocycles. The first-order valence-electron chi connectivity index (χ1n) is 4.95. The molecular weight excluding hydrogens is 178 g/mol. The monoisotopic (exact) mass is 197 g/mol. The molecule has 2 atom stereocenters.